The monoisotopic (exact) mass is 296 g/mol. The van der Waals surface area contributed by atoms with E-state index < -0.39 is 5.54 Å². The van der Waals surface area contributed by atoms with E-state index in [2.05, 4.69) is 24.1 Å². The molecule has 2 unspecified atom stereocenters. The van der Waals surface area contributed by atoms with E-state index in [4.69, 9.17) is 4.74 Å². The molecule has 2 atom stereocenters. The molecule has 0 aromatic heterocycles. The molecule has 2 saturated carbocycles. The highest BCUT2D eigenvalue weighted by atomic mass is 16.5. The Morgan fingerprint density at radius 1 is 1.29 bits per heavy atom. The van der Waals surface area contributed by atoms with Crippen LogP contribution < -0.4 is 5.32 Å². The standard InChI is InChI=1S/C17H32N2O2/c1-4-18-17(16(20)21-6-3)11-10-15(12-17)19(5-2)13-14-8-7-9-14/h14-15,18H,4-13H2,1-3H3. The molecule has 0 aromatic rings. The van der Waals surface area contributed by atoms with E-state index in [0.717, 1.165) is 38.3 Å². The molecular formula is C17H32N2O2. The van der Waals surface area contributed by atoms with Crippen molar-refractivity contribution in [1.82, 2.24) is 10.2 Å². The third-order valence-electron chi connectivity index (χ3n) is 5.31. The second-order valence-corrected chi connectivity index (χ2v) is 6.61. The fraction of sp³-hybridized carbons (Fsp3) is 0.941. The Labute approximate surface area is 129 Å². The molecule has 4 heteroatoms. The number of ether oxygens (including phenoxy) is 1. The maximum Gasteiger partial charge on any atom is 0.326 e. The zero-order valence-corrected chi connectivity index (χ0v) is 14.0. The number of esters is 1. The summed E-state index contributed by atoms with van der Waals surface area (Å²) in [4.78, 5) is 15.0. The van der Waals surface area contributed by atoms with Gasteiger partial charge in [-0.25, -0.2) is 0 Å². The minimum Gasteiger partial charge on any atom is -0.465 e. The molecule has 0 aliphatic heterocycles. The van der Waals surface area contributed by atoms with Gasteiger partial charge in [-0.2, -0.15) is 0 Å². The molecule has 2 fully saturated rings. The lowest BCUT2D eigenvalue weighted by Crippen LogP contribution is -2.52. The van der Waals surface area contributed by atoms with E-state index in [-0.39, 0.29) is 5.97 Å². The molecule has 21 heavy (non-hydrogen) atoms. The van der Waals surface area contributed by atoms with Crippen LogP contribution in [0.4, 0.5) is 0 Å². The third-order valence-corrected chi connectivity index (χ3v) is 5.31. The molecule has 0 saturated heterocycles. The van der Waals surface area contributed by atoms with E-state index in [1.807, 2.05) is 6.92 Å². The summed E-state index contributed by atoms with van der Waals surface area (Å²) in [5.74, 6) is 0.843. The zero-order valence-electron chi connectivity index (χ0n) is 14.0. The quantitative estimate of drug-likeness (QED) is 0.699. The van der Waals surface area contributed by atoms with Crippen LogP contribution in [0.25, 0.3) is 0 Å². The van der Waals surface area contributed by atoms with E-state index >= 15 is 0 Å². The average molecular weight is 296 g/mol. The van der Waals surface area contributed by atoms with Gasteiger partial charge in [0.2, 0.25) is 0 Å². The third kappa shape index (κ3) is 3.78. The van der Waals surface area contributed by atoms with Gasteiger partial charge >= 0.3 is 5.97 Å². The predicted molar refractivity (Wildman–Crippen MR) is 85.3 cm³/mol. The average Bonchev–Trinajstić information content (AvgIpc) is 2.84. The van der Waals surface area contributed by atoms with Gasteiger partial charge in [-0.3, -0.25) is 4.79 Å². The molecule has 4 nitrogen and oxygen atoms in total. The molecule has 0 radical (unpaired) electrons. The van der Waals surface area contributed by atoms with Gasteiger partial charge in [-0.1, -0.05) is 20.3 Å². The number of hydrogen-bond acceptors (Lipinski definition) is 4. The Balaban J connectivity index is 1.98. The van der Waals surface area contributed by atoms with Gasteiger partial charge in [0, 0.05) is 12.6 Å². The summed E-state index contributed by atoms with van der Waals surface area (Å²) < 4.78 is 5.34. The minimum absolute atomic E-state index is 0.0472. The second-order valence-electron chi connectivity index (χ2n) is 6.61. The number of likely N-dealkylation sites (N-methyl/N-ethyl adjacent to an activating group) is 1. The van der Waals surface area contributed by atoms with Gasteiger partial charge in [0.15, 0.2) is 0 Å². The maximum atomic E-state index is 12.4. The lowest BCUT2D eigenvalue weighted by atomic mass is 9.84. The van der Waals surface area contributed by atoms with Gasteiger partial charge in [-0.05, 0) is 58.0 Å². The van der Waals surface area contributed by atoms with Crippen molar-refractivity contribution in [1.29, 1.82) is 0 Å². The first-order valence-corrected chi connectivity index (χ1v) is 8.81. The highest BCUT2D eigenvalue weighted by molar-refractivity contribution is 5.81. The van der Waals surface area contributed by atoms with E-state index in [9.17, 15) is 4.79 Å². The molecule has 0 aromatic carbocycles. The summed E-state index contributed by atoms with van der Waals surface area (Å²) in [5, 5.41) is 3.43. The zero-order chi connectivity index (χ0) is 15.3. The Hall–Kier alpha value is -0.610. The first-order chi connectivity index (χ1) is 10.1. The summed E-state index contributed by atoms with van der Waals surface area (Å²) in [5.41, 5.74) is -0.442. The van der Waals surface area contributed by atoms with Gasteiger partial charge in [-0.15, -0.1) is 0 Å². The molecule has 0 spiro atoms. The van der Waals surface area contributed by atoms with Gasteiger partial charge in [0.1, 0.15) is 5.54 Å². The fourth-order valence-corrected chi connectivity index (χ4v) is 3.90. The van der Waals surface area contributed by atoms with Crippen LogP contribution in [0.5, 0.6) is 0 Å². The van der Waals surface area contributed by atoms with Crippen LogP contribution in [0.1, 0.15) is 59.3 Å². The second kappa shape index (κ2) is 7.59. The van der Waals surface area contributed by atoms with Crippen molar-refractivity contribution in [3.05, 3.63) is 0 Å². The van der Waals surface area contributed by atoms with Crippen LogP contribution in [-0.4, -0.2) is 48.7 Å². The predicted octanol–water partition coefficient (Wildman–Crippen LogP) is 2.57. The molecular weight excluding hydrogens is 264 g/mol. The summed E-state index contributed by atoms with van der Waals surface area (Å²) in [6.45, 7) is 9.80. The van der Waals surface area contributed by atoms with Crippen LogP contribution in [-0.2, 0) is 9.53 Å². The Bertz CT molecular complexity index is 344. The number of nitrogens with one attached hydrogen (secondary N) is 1. The molecule has 2 aliphatic carbocycles. The van der Waals surface area contributed by atoms with Gasteiger partial charge in [0.05, 0.1) is 6.61 Å². The number of hydrogen-bond donors (Lipinski definition) is 1. The highest BCUT2D eigenvalue weighted by Gasteiger charge is 2.47. The van der Waals surface area contributed by atoms with Crippen molar-refractivity contribution < 1.29 is 9.53 Å². The van der Waals surface area contributed by atoms with E-state index in [0.29, 0.717) is 12.6 Å². The van der Waals surface area contributed by atoms with Crippen molar-refractivity contribution in [3.63, 3.8) is 0 Å². The van der Waals surface area contributed by atoms with Gasteiger partial charge < -0.3 is 15.0 Å². The summed E-state index contributed by atoms with van der Waals surface area (Å²) in [7, 11) is 0. The number of rotatable bonds is 8. The normalized spacial score (nSPS) is 29.6. The number of carbonyl (C=O) groups is 1. The van der Waals surface area contributed by atoms with E-state index in [1.54, 1.807) is 0 Å². The lowest BCUT2D eigenvalue weighted by Gasteiger charge is -2.36. The Morgan fingerprint density at radius 2 is 2.05 bits per heavy atom. The maximum absolute atomic E-state index is 12.4. The molecule has 2 aliphatic rings. The van der Waals surface area contributed by atoms with Crippen LogP contribution in [0.3, 0.4) is 0 Å². The van der Waals surface area contributed by atoms with Crippen molar-refractivity contribution >= 4 is 5.97 Å². The summed E-state index contributed by atoms with van der Waals surface area (Å²) >= 11 is 0. The molecule has 0 amide bonds. The lowest BCUT2D eigenvalue weighted by molar-refractivity contribution is -0.151. The van der Waals surface area contributed by atoms with Gasteiger partial charge in [0.25, 0.3) is 0 Å². The smallest absolute Gasteiger partial charge is 0.326 e. The van der Waals surface area contributed by atoms with Crippen LogP contribution in [0.15, 0.2) is 0 Å². The number of carbonyl (C=O) groups excluding carboxylic acids is 1. The Morgan fingerprint density at radius 3 is 2.57 bits per heavy atom. The van der Waals surface area contributed by atoms with Crippen LogP contribution in [0.2, 0.25) is 0 Å². The SMILES string of the molecule is CCNC1(C(=O)OCC)CCC(N(CC)CC2CCC2)C1. The largest absolute Gasteiger partial charge is 0.465 e. The first-order valence-electron chi connectivity index (χ1n) is 8.81. The van der Waals surface area contributed by atoms with Crippen LogP contribution in [0, 0.1) is 5.92 Å². The summed E-state index contributed by atoms with van der Waals surface area (Å²) in [6.07, 6.45) is 7.09. The highest BCUT2D eigenvalue weighted by Crippen LogP contribution is 2.36. The molecule has 0 heterocycles. The topological polar surface area (TPSA) is 41.6 Å². The molecule has 0 bridgehead atoms. The molecule has 122 valence electrons. The van der Waals surface area contributed by atoms with Crippen molar-refractivity contribution in [3.8, 4) is 0 Å². The first kappa shape index (κ1) is 16.8. The summed E-state index contributed by atoms with van der Waals surface area (Å²) in [6, 6.07) is 0.527. The fourth-order valence-electron chi connectivity index (χ4n) is 3.90. The minimum atomic E-state index is -0.442. The van der Waals surface area contributed by atoms with Crippen LogP contribution >= 0.6 is 0 Å². The molecule has 1 N–H and O–H groups in total. The van der Waals surface area contributed by atoms with Crippen molar-refractivity contribution in [2.75, 3.05) is 26.2 Å². The van der Waals surface area contributed by atoms with Crippen molar-refractivity contribution in [2.24, 2.45) is 5.92 Å². The van der Waals surface area contributed by atoms with E-state index in [1.165, 1.54) is 25.8 Å². The molecule has 2 rings (SSSR count). The number of nitrogens with zero attached hydrogens (tertiary/aromatic N) is 1. The Kier molecular flexibility index (Phi) is 6.06. The van der Waals surface area contributed by atoms with Crippen molar-refractivity contribution in [2.45, 2.75) is 70.9 Å².